The molecule has 0 aromatic carbocycles. The summed E-state index contributed by atoms with van der Waals surface area (Å²) in [5, 5.41) is 0. The van der Waals surface area contributed by atoms with Crippen LogP contribution >= 0.6 is 0 Å². The second kappa shape index (κ2) is 9.22. The number of carbonyl (C=O) groups is 2. The van der Waals surface area contributed by atoms with Gasteiger partial charge in [-0.1, -0.05) is 59.7 Å². The Balaban J connectivity index is 2.17. The zero-order valence-electron chi connectivity index (χ0n) is 18.2. The van der Waals surface area contributed by atoms with Crippen LogP contribution in [0.5, 0.6) is 0 Å². The van der Waals surface area contributed by atoms with Gasteiger partial charge < -0.3 is 9.16 Å². The van der Waals surface area contributed by atoms with E-state index in [1.54, 1.807) is 0 Å². The third-order valence-electron chi connectivity index (χ3n) is 6.36. The van der Waals surface area contributed by atoms with Crippen LogP contribution in [0.15, 0.2) is 0 Å². The van der Waals surface area contributed by atoms with E-state index in [0.29, 0.717) is 12.1 Å². The van der Waals surface area contributed by atoms with Crippen LogP contribution in [0.25, 0.3) is 0 Å². The van der Waals surface area contributed by atoms with Crippen molar-refractivity contribution in [2.24, 2.45) is 5.92 Å². The molecule has 7 heteroatoms. The number of ether oxygens (including phenoxy) is 1. The molecule has 1 aliphatic carbocycles. The highest BCUT2D eigenvalue weighted by atomic mass is 28.4. The Morgan fingerprint density at radius 2 is 1.59 bits per heavy atom. The van der Waals surface area contributed by atoms with Gasteiger partial charge in [0.05, 0.1) is 20.3 Å². The molecule has 0 unspecified atom stereocenters. The molecular weight excluding hydrogens is 374 g/mol. The van der Waals surface area contributed by atoms with Crippen LogP contribution in [0, 0.1) is 5.92 Å². The van der Waals surface area contributed by atoms with E-state index in [1.165, 1.54) is 24.2 Å². The molecule has 0 aromatic rings. The van der Waals surface area contributed by atoms with Crippen molar-refractivity contribution in [3.8, 4) is 0 Å². The second-order valence-electron chi connectivity index (χ2n) is 9.49. The van der Waals surface area contributed by atoms with Crippen molar-refractivity contribution in [2.45, 2.75) is 103 Å². The minimum atomic E-state index is -1.90. The van der Waals surface area contributed by atoms with Crippen molar-refractivity contribution in [3.05, 3.63) is 0 Å². The molecule has 0 N–H and O–H groups in total. The summed E-state index contributed by atoms with van der Waals surface area (Å²) in [5.41, 5.74) is 0. The summed E-state index contributed by atoms with van der Waals surface area (Å²) < 4.78 is 12.1. The Hall–Kier alpha value is -0.666. The van der Waals surface area contributed by atoms with Gasteiger partial charge in [-0.15, -0.1) is 0 Å². The summed E-state index contributed by atoms with van der Waals surface area (Å²) in [6.07, 6.45) is 5.34. The van der Waals surface area contributed by atoms with E-state index in [9.17, 15) is 9.59 Å². The molecule has 2 fully saturated rings. The fraction of sp³-hybridized carbons (Fsp3) is 0.900. The number of rotatable bonds is 8. The van der Waals surface area contributed by atoms with E-state index in [2.05, 4.69) is 40.4 Å². The first-order chi connectivity index (χ1) is 12.7. The van der Waals surface area contributed by atoms with Gasteiger partial charge in [-0.05, 0) is 36.9 Å². The van der Waals surface area contributed by atoms with E-state index in [0.717, 1.165) is 31.0 Å². The minimum absolute atomic E-state index is 0.122. The van der Waals surface area contributed by atoms with Crippen LogP contribution in [-0.2, 0) is 14.0 Å². The zero-order valence-corrected chi connectivity index (χ0v) is 20.2. The monoisotopic (exact) mass is 413 g/mol. The van der Waals surface area contributed by atoms with Crippen molar-refractivity contribution >= 4 is 28.4 Å². The number of hydrogen-bond acceptors (Lipinski definition) is 4. The van der Waals surface area contributed by atoms with Crippen LogP contribution in [0.4, 0.5) is 4.79 Å². The van der Waals surface area contributed by atoms with Gasteiger partial charge in [0.2, 0.25) is 0 Å². The molecule has 2 amide bonds. The average Bonchev–Trinajstić information content (AvgIpc) is 2.65. The standard InChI is InChI=1S/C20H39NO4Si2/c1-7-27(8-2,9-3)25-18-17(16-13-11-10-12-14-16)21(19(18)22)20(23)24-15-26(4,5)6/h16-18H,7-15H2,1-6H3/t17-,18+/m1/s1. The Labute approximate surface area is 167 Å². The molecule has 0 radical (unpaired) electrons. The fourth-order valence-corrected chi connectivity index (χ4v) is 7.70. The summed E-state index contributed by atoms with van der Waals surface area (Å²) in [6.45, 7) is 13.0. The van der Waals surface area contributed by atoms with Crippen LogP contribution in [0.3, 0.4) is 0 Å². The Morgan fingerprint density at radius 3 is 2.07 bits per heavy atom. The summed E-state index contributed by atoms with van der Waals surface area (Å²) >= 11 is 0. The van der Waals surface area contributed by atoms with Gasteiger partial charge in [0, 0.05) is 0 Å². The van der Waals surface area contributed by atoms with Crippen LogP contribution in [0.1, 0.15) is 52.9 Å². The first-order valence-corrected chi connectivity index (χ1v) is 17.1. The lowest BCUT2D eigenvalue weighted by Gasteiger charge is -2.51. The van der Waals surface area contributed by atoms with Crippen molar-refractivity contribution in [1.29, 1.82) is 0 Å². The number of nitrogens with zero attached hydrogens (tertiary/aromatic N) is 1. The maximum absolute atomic E-state index is 12.9. The van der Waals surface area contributed by atoms with E-state index >= 15 is 0 Å². The normalized spacial score (nSPS) is 24.7. The molecule has 0 bridgehead atoms. The Morgan fingerprint density at radius 1 is 1.04 bits per heavy atom. The third kappa shape index (κ3) is 5.23. The third-order valence-corrected chi connectivity index (χ3v) is 12.0. The van der Waals surface area contributed by atoms with Crippen molar-refractivity contribution in [2.75, 3.05) is 6.23 Å². The highest BCUT2D eigenvalue weighted by Crippen LogP contribution is 2.40. The van der Waals surface area contributed by atoms with Crippen LogP contribution in [0.2, 0.25) is 37.8 Å². The van der Waals surface area contributed by atoms with E-state index in [-0.39, 0.29) is 11.9 Å². The largest absolute Gasteiger partial charge is 0.453 e. The summed E-state index contributed by atoms with van der Waals surface area (Å²) in [7, 11) is -3.42. The van der Waals surface area contributed by atoms with Crippen molar-refractivity contribution in [1.82, 2.24) is 4.90 Å². The number of likely N-dealkylation sites (tertiary alicyclic amines) is 1. The predicted molar refractivity (Wildman–Crippen MR) is 114 cm³/mol. The zero-order chi connectivity index (χ0) is 20.2. The predicted octanol–water partition coefficient (Wildman–Crippen LogP) is 5.18. The first kappa shape index (κ1) is 22.6. The number of hydrogen-bond donors (Lipinski definition) is 0. The lowest BCUT2D eigenvalue weighted by atomic mass is 9.77. The number of imide groups is 1. The Bertz CT molecular complexity index is 516. The molecule has 2 aliphatic rings. The van der Waals surface area contributed by atoms with Gasteiger partial charge in [0.15, 0.2) is 8.32 Å². The maximum Gasteiger partial charge on any atom is 0.416 e. The smallest absolute Gasteiger partial charge is 0.416 e. The van der Waals surface area contributed by atoms with Gasteiger partial charge in [-0.3, -0.25) is 4.79 Å². The highest BCUT2D eigenvalue weighted by Gasteiger charge is 2.57. The van der Waals surface area contributed by atoms with E-state index in [4.69, 9.17) is 9.16 Å². The molecule has 0 aromatic heterocycles. The van der Waals surface area contributed by atoms with E-state index < -0.39 is 28.6 Å². The highest BCUT2D eigenvalue weighted by molar-refractivity contribution is 6.76. The van der Waals surface area contributed by atoms with Gasteiger partial charge in [0.1, 0.15) is 6.10 Å². The molecule has 156 valence electrons. The van der Waals surface area contributed by atoms with Gasteiger partial charge in [-0.25, -0.2) is 9.69 Å². The molecule has 2 rings (SSSR count). The molecule has 1 saturated heterocycles. The maximum atomic E-state index is 12.9. The molecule has 1 heterocycles. The van der Waals surface area contributed by atoms with Gasteiger partial charge in [-0.2, -0.15) is 0 Å². The van der Waals surface area contributed by atoms with Gasteiger partial charge in [0.25, 0.3) is 5.91 Å². The number of carbonyl (C=O) groups excluding carboxylic acids is 2. The lowest BCUT2D eigenvalue weighted by molar-refractivity contribution is -0.165. The average molecular weight is 414 g/mol. The SMILES string of the molecule is CC[Si](CC)(CC)O[C@@H]1C(=O)N(C(=O)OC[Si](C)(C)C)[C@@H]1C1CCCCC1. The second-order valence-corrected chi connectivity index (χ2v) is 19.6. The topological polar surface area (TPSA) is 55.8 Å². The molecule has 5 nitrogen and oxygen atoms in total. The number of amides is 2. The van der Waals surface area contributed by atoms with Crippen LogP contribution in [-0.4, -0.2) is 51.7 Å². The molecule has 2 atom stereocenters. The lowest BCUT2D eigenvalue weighted by Crippen LogP contribution is -2.72. The summed E-state index contributed by atoms with van der Waals surface area (Å²) in [4.78, 5) is 27.1. The van der Waals surface area contributed by atoms with Crippen molar-refractivity contribution < 1.29 is 18.8 Å². The summed E-state index contributed by atoms with van der Waals surface area (Å²) in [5.74, 6) is 0.191. The molecule has 1 aliphatic heterocycles. The number of β-lactam (4-membered cyclic amide) rings is 1. The quantitative estimate of drug-likeness (QED) is 0.406. The molecule has 27 heavy (non-hydrogen) atoms. The Kier molecular flexibility index (Phi) is 7.73. The minimum Gasteiger partial charge on any atom is -0.453 e. The molecule has 0 spiro atoms. The van der Waals surface area contributed by atoms with Crippen LogP contribution < -0.4 is 0 Å². The van der Waals surface area contributed by atoms with E-state index in [1.807, 2.05) is 0 Å². The fourth-order valence-electron chi connectivity index (χ4n) is 4.37. The molecule has 1 saturated carbocycles. The molecular formula is C20H39NO4Si2. The van der Waals surface area contributed by atoms with Crippen molar-refractivity contribution in [3.63, 3.8) is 0 Å². The summed E-state index contributed by atoms with van der Waals surface area (Å²) in [6, 6.07) is 2.92. The first-order valence-electron chi connectivity index (χ1n) is 10.9. The van der Waals surface area contributed by atoms with Gasteiger partial charge >= 0.3 is 6.09 Å².